The predicted molar refractivity (Wildman–Crippen MR) is 99.4 cm³/mol. The minimum absolute atomic E-state index is 0. The van der Waals surface area contributed by atoms with Crippen LogP contribution in [0.15, 0.2) is 0 Å². The summed E-state index contributed by atoms with van der Waals surface area (Å²) in [4.78, 5) is 15.0. The summed E-state index contributed by atoms with van der Waals surface area (Å²) in [6, 6.07) is 1.46. The van der Waals surface area contributed by atoms with Gasteiger partial charge >= 0.3 is 0 Å². The van der Waals surface area contributed by atoms with Gasteiger partial charge in [-0.1, -0.05) is 19.3 Å². The molecule has 3 fully saturated rings. The van der Waals surface area contributed by atoms with Crippen molar-refractivity contribution in [1.29, 1.82) is 0 Å². The average Bonchev–Trinajstić information content (AvgIpc) is 3.02. The van der Waals surface area contributed by atoms with Crippen molar-refractivity contribution in [2.75, 3.05) is 13.1 Å². The maximum absolute atomic E-state index is 12.4. The Morgan fingerprint density at radius 3 is 2.17 bits per heavy atom. The van der Waals surface area contributed by atoms with Gasteiger partial charge in [-0.15, -0.1) is 24.8 Å². The van der Waals surface area contributed by atoms with Crippen molar-refractivity contribution in [2.45, 2.75) is 82.3 Å². The van der Waals surface area contributed by atoms with E-state index >= 15 is 0 Å². The fourth-order valence-corrected chi connectivity index (χ4v) is 4.46. The van der Waals surface area contributed by atoms with Gasteiger partial charge < -0.3 is 16.0 Å². The summed E-state index contributed by atoms with van der Waals surface area (Å²) in [7, 11) is 0. The Morgan fingerprint density at radius 1 is 0.913 bits per heavy atom. The second-order valence-electron chi connectivity index (χ2n) is 7.38. The predicted octanol–water partition coefficient (Wildman–Crippen LogP) is 2.87. The molecule has 1 amide bonds. The molecule has 2 saturated carbocycles. The van der Waals surface area contributed by atoms with E-state index in [1.54, 1.807) is 0 Å². The summed E-state index contributed by atoms with van der Waals surface area (Å²) in [5, 5.41) is 3.30. The number of amides is 1. The third-order valence-corrected chi connectivity index (χ3v) is 5.80. The lowest BCUT2D eigenvalue weighted by Gasteiger charge is -2.37. The van der Waals surface area contributed by atoms with Crippen LogP contribution < -0.4 is 11.1 Å². The fourth-order valence-electron chi connectivity index (χ4n) is 4.46. The van der Waals surface area contributed by atoms with E-state index in [9.17, 15) is 4.79 Å². The highest BCUT2D eigenvalue weighted by molar-refractivity contribution is 5.85. The van der Waals surface area contributed by atoms with Gasteiger partial charge in [0, 0.05) is 37.1 Å². The van der Waals surface area contributed by atoms with Crippen LogP contribution in [0.4, 0.5) is 0 Å². The number of likely N-dealkylation sites (tertiary alicyclic amines) is 1. The Labute approximate surface area is 153 Å². The summed E-state index contributed by atoms with van der Waals surface area (Å²) in [6.07, 6.45) is 11.9. The molecule has 0 radical (unpaired) electrons. The van der Waals surface area contributed by atoms with Gasteiger partial charge in [0.2, 0.25) is 5.91 Å². The highest BCUT2D eigenvalue weighted by Crippen LogP contribution is 2.27. The molecule has 2 unspecified atom stereocenters. The van der Waals surface area contributed by atoms with Gasteiger partial charge in [-0.05, 0) is 44.9 Å². The van der Waals surface area contributed by atoms with E-state index in [2.05, 4.69) is 10.2 Å². The Kier molecular flexibility index (Phi) is 9.20. The summed E-state index contributed by atoms with van der Waals surface area (Å²) in [5.74, 6) is 0.436. The van der Waals surface area contributed by atoms with E-state index in [0.29, 0.717) is 6.04 Å². The monoisotopic (exact) mass is 365 g/mol. The number of halogens is 2. The summed E-state index contributed by atoms with van der Waals surface area (Å²) in [6.45, 7) is 2.33. The summed E-state index contributed by atoms with van der Waals surface area (Å²) < 4.78 is 0. The van der Waals surface area contributed by atoms with E-state index in [-0.39, 0.29) is 42.7 Å². The second-order valence-corrected chi connectivity index (χ2v) is 7.38. The van der Waals surface area contributed by atoms with Crippen LogP contribution in [0.1, 0.15) is 64.2 Å². The largest absolute Gasteiger partial charge is 0.353 e. The zero-order valence-electron chi connectivity index (χ0n) is 14.0. The minimum Gasteiger partial charge on any atom is -0.353 e. The van der Waals surface area contributed by atoms with Gasteiger partial charge in [0.1, 0.15) is 0 Å². The molecule has 3 aliphatic rings. The average molecular weight is 366 g/mol. The molecule has 1 saturated heterocycles. The summed E-state index contributed by atoms with van der Waals surface area (Å²) >= 11 is 0. The smallest absolute Gasteiger partial charge is 0.223 e. The third kappa shape index (κ3) is 5.77. The number of hydrogen-bond donors (Lipinski definition) is 2. The highest BCUT2D eigenvalue weighted by Gasteiger charge is 2.30. The first-order chi connectivity index (χ1) is 10.2. The Balaban J connectivity index is 0.00000132. The molecule has 136 valence electrons. The number of piperidine rings is 1. The lowest BCUT2D eigenvalue weighted by molar-refractivity contribution is -0.127. The molecule has 23 heavy (non-hydrogen) atoms. The Hall–Kier alpha value is -0.0300. The number of nitrogens with two attached hydrogens (primary N) is 1. The molecule has 2 atom stereocenters. The first-order valence-corrected chi connectivity index (χ1v) is 9.02. The van der Waals surface area contributed by atoms with Gasteiger partial charge in [0.05, 0.1) is 0 Å². The lowest BCUT2D eigenvalue weighted by atomic mass is 9.85. The first-order valence-electron chi connectivity index (χ1n) is 9.02. The van der Waals surface area contributed by atoms with Crippen LogP contribution in [0.5, 0.6) is 0 Å². The second kappa shape index (κ2) is 10.1. The van der Waals surface area contributed by atoms with Crippen LogP contribution in [0, 0.1) is 5.92 Å². The van der Waals surface area contributed by atoms with Crippen LogP contribution in [-0.2, 0) is 4.79 Å². The number of nitrogens with one attached hydrogen (secondary N) is 1. The Morgan fingerprint density at radius 2 is 1.57 bits per heavy atom. The number of carbonyl (C=O) groups excluding carboxylic acids is 1. The molecule has 0 bridgehead atoms. The van der Waals surface area contributed by atoms with Crippen molar-refractivity contribution in [3.63, 3.8) is 0 Å². The van der Waals surface area contributed by atoms with E-state index in [1.807, 2.05) is 0 Å². The van der Waals surface area contributed by atoms with Crippen LogP contribution >= 0.6 is 24.8 Å². The molecule has 2 aliphatic carbocycles. The van der Waals surface area contributed by atoms with Crippen molar-refractivity contribution in [3.8, 4) is 0 Å². The van der Waals surface area contributed by atoms with Crippen LogP contribution in [-0.4, -0.2) is 42.0 Å². The topological polar surface area (TPSA) is 58.4 Å². The molecule has 0 aromatic heterocycles. The molecule has 0 spiro atoms. The molecule has 1 aliphatic heterocycles. The minimum atomic E-state index is 0. The molecule has 3 N–H and O–H groups in total. The number of carbonyl (C=O) groups is 1. The van der Waals surface area contributed by atoms with Gasteiger partial charge in [-0.2, -0.15) is 0 Å². The van der Waals surface area contributed by atoms with Crippen molar-refractivity contribution >= 4 is 30.7 Å². The van der Waals surface area contributed by atoms with Crippen molar-refractivity contribution in [2.24, 2.45) is 11.7 Å². The number of hydrogen-bond acceptors (Lipinski definition) is 3. The first kappa shape index (κ1) is 21.0. The maximum Gasteiger partial charge on any atom is 0.223 e. The standard InChI is InChI=1S/C17H31N3O.2ClH/c18-14-5-3-4-13(12-14)17(21)19-15-8-10-20(11-9-15)16-6-1-2-7-16;;/h13-16H,1-12,18H2,(H,19,21);2*1H. The SMILES string of the molecule is Cl.Cl.NC1CCCC(C(=O)NC2CCN(C3CCCC3)CC2)C1. The quantitative estimate of drug-likeness (QED) is 0.808. The molecule has 3 rings (SSSR count). The zero-order valence-corrected chi connectivity index (χ0v) is 15.7. The van der Waals surface area contributed by atoms with Crippen LogP contribution in [0.3, 0.4) is 0 Å². The molecule has 1 heterocycles. The van der Waals surface area contributed by atoms with Gasteiger partial charge in [-0.3, -0.25) is 4.79 Å². The molecule has 4 nitrogen and oxygen atoms in total. The third-order valence-electron chi connectivity index (χ3n) is 5.80. The van der Waals surface area contributed by atoms with Crippen LogP contribution in [0.25, 0.3) is 0 Å². The molecular formula is C17H33Cl2N3O. The highest BCUT2D eigenvalue weighted by atomic mass is 35.5. The van der Waals surface area contributed by atoms with Gasteiger partial charge in [0.25, 0.3) is 0 Å². The van der Waals surface area contributed by atoms with E-state index < -0.39 is 0 Å². The van der Waals surface area contributed by atoms with E-state index in [1.165, 1.54) is 38.8 Å². The summed E-state index contributed by atoms with van der Waals surface area (Å²) in [5.41, 5.74) is 6.00. The zero-order chi connectivity index (χ0) is 14.7. The van der Waals surface area contributed by atoms with Gasteiger partial charge in [0.15, 0.2) is 0 Å². The van der Waals surface area contributed by atoms with Gasteiger partial charge in [-0.25, -0.2) is 0 Å². The normalized spacial score (nSPS) is 30.3. The molecule has 6 heteroatoms. The van der Waals surface area contributed by atoms with Crippen LogP contribution in [0.2, 0.25) is 0 Å². The Bertz CT molecular complexity index is 356. The van der Waals surface area contributed by atoms with Crippen molar-refractivity contribution in [1.82, 2.24) is 10.2 Å². The van der Waals surface area contributed by atoms with E-state index in [0.717, 1.165) is 44.6 Å². The fraction of sp³-hybridized carbons (Fsp3) is 0.941. The lowest BCUT2D eigenvalue weighted by Crippen LogP contribution is -2.49. The molecule has 0 aromatic rings. The van der Waals surface area contributed by atoms with E-state index in [4.69, 9.17) is 5.73 Å². The maximum atomic E-state index is 12.4. The molecule has 0 aromatic carbocycles. The van der Waals surface area contributed by atoms with Crippen molar-refractivity contribution in [3.05, 3.63) is 0 Å². The number of nitrogens with zero attached hydrogens (tertiary/aromatic N) is 1. The van der Waals surface area contributed by atoms with Crippen molar-refractivity contribution < 1.29 is 4.79 Å². The molecular weight excluding hydrogens is 333 g/mol. The number of rotatable bonds is 3.